The summed E-state index contributed by atoms with van der Waals surface area (Å²) < 4.78 is 8.63. The van der Waals surface area contributed by atoms with Crippen LogP contribution >= 0.6 is 51.2 Å². The standard InChI is InChI=1S/C14H12BrClFN7O2S2/c1-7-4-2-3-5-8(7)21-11-9-10(20-6-19-9)22-12(23-11)13(18,28-24(25)26)27-14(15,16)17/h2-6H,18H2,1H3,(H2,19,20,21,22,23). The Morgan fingerprint density at radius 1 is 1.43 bits per heavy atom. The van der Waals surface area contributed by atoms with Crippen LogP contribution in [0.2, 0.25) is 0 Å². The van der Waals surface area contributed by atoms with Crippen LogP contribution in [0.1, 0.15) is 11.4 Å². The Bertz CT molecular complexity index is 1030. The summed E-state index contributed by atoms with van der Waals surface area (Å²) in [6.45, 7) is 1.90. The fourth-order valence-electron chi connectivity index (χ4n) is 2.31. The summed E-state index contributed by atoms with van der Waals surface area (Å²) >= 11 is 8.39. The lowest BCUT2D eigenvalue weighted by atomic mass is 10.2. The molecule has 1 aromatic carbocycles. The van der Waals surface area contributed by atoms with Gasteiger partial charge < -0.3 is 10.3 Å². The van der Waals surface area contributed by atoms with Crippen LogP contribution < -0.4 is 11.1 Å². The largest absolute Gasteiger partial charge is 0.340 e. The summed E-state index contributed by atoms with van der Waals surface area (Å²) in [5, 5.41) is 14.2. The number of nitrogens with two attached hydrogens (primary N) is 1. The number of nitro groups is 1. The lowest BCUT2D eigenvalue weighted by Crippen LogP contribution is -2.35. The number of aromatic amines is 1. The molecule has 28 heavy (non-hydrogen) atoms. The first-order valence-corrected chi connectivity index (χ1v) is 10.3. The van der Waals surface area contributed by atoms with E-state index >= 15 is 0 Å². The molecule has 14 heteroatoms. The van der Waals surface area contributed by atoms with Crippen molar-refractivity contribution in [1.29, 1.82) is 0 Å². The van der Waals surface area contributed by atoms with Gasteiger partial charge in [-0.05, 0) is 46.2 Å². The van der Waals surface area contributed by atoms with E-state index in [0.717, 1.165) is 11.3 Å². The molecule has 0 fully saturated rings. The van der Waals surface area contributed by atoms with Crippen molar-refractivity contribution in [3.63, 3.8) is 0 Å². The molecule has 0 radical (unpaired) electrons. The van der Waals surface area contributed by atoms with Crippen molar-refractivity contribution in [1.82, 2.24) is 19.9 Å². The molecule has 0 amide bonds. The van der Waals surface area contributed by atoms with Gasteiger partial charge in [0.05, 0.1) is 6.33 Å². The fourth-order valence-corrected chi connectivity index (χ4v) is 5.49. The van der Waals surface area contributed by atoms with Gasteiger partial charge in [-0.3, -0.25) is 15.8 Å². The van der Waals surface area contributed by atoms with Crippen LogP contribution in [-0.2, 0) is 4.20 Å². The number of imidazole rings is 1. The van der Waals surface area contributed by atoms with Crippen LogP contribution in [0.15, 0.2) is 30.6 Å². The number of H-pyrrole nitrogens is 1. The van der Waals surface area contributed by atoms with E-state index in [4.69, 9.17) is 17.3 Å². The quantitative estimate of drug-likeness (QED) is 0.140. The van der Waals surface area contributed by atoms with Crippen LogP contribution in [0.5, 0.6) is 0 Å². The maximum Gasteiger partial charge on any atom is 0.287 e. The van der Waals surface area contributed by atoms with Crippen molar-refractivity contribution < 1.29 is 8.72 Å². The normalized spacial score (nSPS) is 15.8. The Morgan fingerprint density at radius 3 is 2.79 bits per heavy atom. The van der Waals surface area contributed by atoms with Gasteiger partial charge in [0, 0.05) is 5.69 Å². The second kappa shape index (κ2) is 7.99. The van der Waals surface area contributed by atoms with Gasteiger partial charge in [-0.25, -0.2) is 19.3 Å². The van der Waals surface area contributed by atoms with E-state index in [1.54, 1.807) is 0 Å². The molecule has 3 rings (SSSR count). The van der Waals surface area contributed by atoms with Crippen molar-refractivity contribution in [3.8, 4) is 0 Å². The molecule has 2 atom stereocenters. The number of rotatable bonds is 7. The zero-order chi connectivity index (χ0) is 20.5. The zero-order valence-corrected chi connectivity index (χ0v) is 18.0. The highest BCUT2D eigenvalue weighted by Crippen LogP contribution is 2.52. The van der Waals surface area contributed by atoms with Gasteiger partial charge in [-0.15, -0.1) is 0 Å². The molecule has 0 saturated carbocycles. The second-order valence-corrected chi connectivity index (χ2v) is 11.1. The number of fused-ring (bicyclic) bond motifs is 1. The van der Waals surface area contributed by atoms with Gasteiger partial charge in [0.15, 0.2) is 17.3 Å². The number of halogens is 3. The number of aromatic nitrogens is 4. The number of aryl methyl sites for hydroxylation is 1. The minimum absolute atomic E-state index is 0.0289. The molecule has 4 N–H and O–H groups in total. The first-order chi connectivity index (χ1) is 13.1. The van der Waals surface area contributed by atoms with Crippen LogP contribution in [0, 0.1) is 17.0 Å². The summed E-state index contributed by atoms with van der Waals surface area (Å²) in [5.74, 6) is 0.0526. The molecule has 2 unspecified atom stereocenters. The number of nitrogens with zero attached hydrogens (tertiary/aromatic N) is 4. The number of thioether (sulfide) groups is 1. The molecule has 148 valence electrons. The molecule has 0 spiro atoms. The average molecular weight is 509 g/mol. The number of hydrogen-bond acceptors (Lipinski definition) is 9. The Balaban J connectivity index is 2.12. The molecular formula is C14H12BrClFN7O2S2. The topological polar surface area (TPSA) is 136 Å². The Morgan fingerprint density at radius 2 is 2.14 bits per heavy atom. The van der Waals surface area contributed by atoms with E-state index in [0.29, 0.717) is 5.52 Å². The molecule has 0 aliphatic carbocycles. The van der Waals surface area contributed by atoms with Crippen LogP contribution in [0.25, 0.3) is 11.2 Å². The van der Waals surface area contributed by atoms with E-state index in [9.17, 15) is 14.5 Å². The molecule has 0 saturated heterocycles. The van der Waals surface area contributed by atoms with Gasteiger partial charge in [0.1, 0.15) is 9.85 Å². The zero-order valence-electron chi connectivity index (χ0n) is 14.0. The van der Waals surface area contributed by atoms with Gasteiger partial charge in [0.2, 0.25) is 4.20 Å². The minimum atomic E-state index is -2.57. The van der Waals surface area contributed by atoms with Crippen molar-refractivity contribution in [3.05, 3.63) is 52.1 Å². The van der Waals surface area contributed by atoms with Crippen LogP contribution in [0.3, 0.4) is 0 Å². The number of nitrogens with one attached hydrogen (secondary N) is 2. The predicted octanol–water partition coefficient (Wildman–Crippen LogP) is 4.35. The number of anilines is 2. The minimum Gasteiger partial charge on any atom is -0.340 e. The third-order valence-electron chi connectivity index (χ3n) is 3.47. The molecular weight excluding hydrogens is 497 g/mol. The SMILES string of the molecule is Cc1ccccc1Nc1nc(C(N)(S[N+](=O)[O-])SC(F)(Cl)Br)nc2nc[nH]c12. The molecule has 2 heterocycles. The maximum atomic E-state index is 14.0. The van der Waals surface area contributed by atoms with E-state index in [-0.39, 0.29) is 41.0 Å². The van der Waals surface area contributed by atoms with Gasteiger partial charge >= 0.3 is 0 Å². The second-order valence-electron chi connectivity index (χ2n) is 5.47. The lowest BCUT2D eigenvalue weighted by molar-refractivity contribution is -0.285. The van der Waals surface area contributed by atoms with Crippen molar-refractivity contribution in [2.24, 2.45) is 5.73 Å². The maximum absolute atomic E-state index is 14.0. The summed E-state index contributed by atoms with van der Waals surface area (Å²) in [6.07, 6.45) is 1.39. The van der Waals surface area contributed by atoms with Gasteiger partial charge in [-0.2, -0.15) is 0 Å². The Labute approximate surface area is 179 Å². The molecule has 0 aliphatic heterocycles. The Kier molecular flexibility index (Phi) is 6.00. The van der Waals surface area contributed by atoms with Crippen molar-refractivity contribution >= 4 is 73.9 Å². The van der Waals surface area contributed by atoms with Crippen LogP contribution in [0.4, 0.5) is 15.9 Å². The van der Waals surface area contributed by atoms with E-state index in [2.05, 4.69) is 41.2 Å². The van der Waals surface area contributed by atoms with E-state index < -0.39 is 11.9 Å². The summed E-state index contributed by atoms with van der Waals surface area (Å²) in [7, 11) is 0. The monoisotopic (exact) mass is 507 g/mol. The fraction of sp³-hybridized carbons (Fsp3) is 0.214. The van der Waals surface area contributed by atoms with Crippen molar-refractivity contribution in [2.75, 3.05) is 5.32 Å². The highest BCUT2D eigenvalue weighted by molar-refractivity contribution is 9.12. The number of para-hydroxylation sites is 1. The summed E-state index contributed by atoms with van der Waals surface area (Å²) in [5.41, 5.74) is 8.45. The first-order valence-electron chi connectivity index (χ1n) is 7.51. The third-order valence-corrected chi connectivity index (χ3v) is 5.98. The van der Waals surface area contributed by atoms with E-state index in [1.165, 1.54) is 6.33 Å². The van der Waals surface area contributed by atoms with E-state index in [1.807, 2.05) is 31.2 Å². The molecule has 3 aromatic rings. The Hall–Kier alpha value is -1.67. The molecule has 0 bridgehead atoms. The summed E-state index contributed by atoms with van der Waals surface area (Å²) in [4.78, 5) is 26.5. The number of benzene rings is 1. The third kappa shape index (κ3) is 4.84. The molecule has 0 aliphatic rings. The van der Waals surface area contributed by atoms with Gasteiger partial charge in [-0.1, -0.05) is 29.8 Å². The van der Waals surface area contributed by atoms with Crippen molar-refractivity contribution in [2.45, 2.75) is 14.5 Å². The first kappa shape index (κ1) is 21.0. The predicted molar refractivity (Wildman–Crippen MR) is 113 cm³/mol. The molecule has 9 nitrogen and oxygen atoms in total. The van der Waals surface area contributed by atoms with Crippen LogP contribution in [-0.4, -0.2) is 27.6 Å². The average Bonchev–Trinajstić information content (AvgIpc) is 3.03. The molecule has 2 aromatic heterocycles. The number of alkyl halides is 3. The summed E-state index contributed by atoms with van der Waals surface area (Å²) in [6, 6.07) is 7.45. The highest BCUT2D eigenvalue weighted by Gasteiger charge is 2.48. The smallest absolute Gasteiger partial charge is 0.287 e. The lowest BCUT2D eigenvalue weighted by Gasteiger charge is -2.24. The number of hydrogen-bond donors (Lipinski definition) is 3. The highest BCUT2D eigenvalue weighted by atomic mass is 79.9. The van der Waals surface area contributed by atoms with Gasteiger partial charge in [0.25, 0.3) is 15.3 Å².